The molecule has 0 amide bonds. The summed E-state index contributed by atoms with van der Waals surface area (Å²) < 4.78 is 13.7. The van der Waals surface area contributed by atoms with Crippen LogP contribution in [0.2, 0.25) is 5.04 Å². The monoisotopic (exact) mass is 590 g/mol. The number of rotatable bonds is 19. The fraction of sp³-hybridized carbons (Fsp3) is 0.632. The lowest BCUT2D eigenvalue weighted by Crippen LogP contribution is -2.67. The Balaban J connectivity index is 1.32. The van der Waals surface area contributed by atoms with Crippen molar-refractivity contribution in [1.82, 2.24) is 0 Å². The van der Waals surface area contributed by atoms with E-state index in [0.717, 1.165) is 12.8 Å². The lowest BCUT2D eigenvalue weighted by molar-refractivity contribution is 0.0412. The lowest BCUT2D eigenvalue weighted by atomic mass is 9.78. The Labute approximate surface area is 258 Å². The largest absolute Gasteiger partial charge is 0.407 e. The van der Waals surface area contributed by atoms with Crippen molar-refractivity contribution in [2.45, 2.75) is 135 Å². The minimum atomic E-state index is -2.63. The van der Waals surface area contributed by atoms with E-state index in [-0.39, 0.29) is 35.2 Å². The van der Waals surface area contributed by atoms with Crippen LogP contribution in [-0.2, 0) is 9.16 Å². The quantitative estimate of drug-likeness (QED) is 0.101. The molecule has 2 aromatic carbocycles. The Bertz CT molecular complexity index is 1010. The van der Waals surface area contributed by atoms with E-state index in [1.807, 2.05) is 0 Å². The van der Waals surface area contributed by atoms with E-state index in [2.05, 4.69) is 101 Å². The minimum absolute atomic E-state index is 0.00933. The number of unbranched alkanes of at least 4 members (excludes halogenated alkanes) is 11. The summed E-state index contributed by atoms with van der Waals surface area (Å²) in [7, 11) is -2.63. The van der Waals surface area contributed by atoms with Crippen molar-refractivity contribution < 1.29 is 14.3 Å². The summed E-state index contributed by atoms with van der Waals surface area (Å²) in [4.78, 5) is 0. The van der Waals surface area contributed by atoms with E-state index in [9.17, 15) is 5.11 Å². The molecule has 2 bridgehead atoms. The predicted molar refractivity (Wildman–Crippen MR) is 180 cm³/mol. The molecule has 5 atom stereocenters. The van der Waals surface area contributed by atoms with Gasteiger partial charge in [0.2, 0.25) is 0 Å². The van der Waals surface area contributed by atoms with Crippen LogP contribution >= 0.6 is 0 Å². The molecule has 1 saturated heterocycles. The third kappa shape index (κ3) is 8.25. The van der Waals surface area contributed by atoms with E-state index in [1.54, 1.807) is 0 Å². The Morgan fingerprint density at radius 2 is 1.19 bits per heavy atom. The number of aliphatic hydroxyl groups is 1. The maximum absolute atomic E-state index is 11.5. The zero-order valence-corrected chi connectivity index (χ0v) is 28.0. The van der Waals surface area contributed by atoms with Crippen LogP contribution in [0.4, 0.5) is 0 Å². The third-order valence-electron chi connectivity index (χ3n) is 9.81. The van der Waals surface area contributed by atoms with Crippen molar-refractivity contribution in [3.63, 3.8) is 0 Å². The van der Waals surface area contributed by atoms with Crippen LogP contribution in [0.1, 0.15) is 111 Å². The van der Waals surface area contributed by atoms with Crippen molar-refractivity contribution in [3.8, 4) is 0 Å². The maximum Gasteiger partial charge on any atom is 0.261 e. The SMILES string of the molecule is CCCCCCCCCCCCCC[C@@H](O)[C@H]1[C@@H](CO[Si](c2ccccc2)(c2ccccc2)C(C)(C)C)[C@@H]2C=C[C@H]1O2. The Hall–Kier alpha value is -1.72. The highest BCUT2D eigenvalue weighted by molar-refractivity contribution is 6.99. The molecule has 0 aliphatic carbocycles. The van der Waals surface area contributed by atoms with E-state index in [4.69, 9.17) is 9.16 Å². The van der Waals surface area contributed by atoms with Gasteiger partial charge in [-0.3, -0.25) is 0 Å². The second-order valence-corrected chi connectivity index (χ2v) is 18.2. The summed E-state index contributed by atoms with van der Waals surface area (Å²) in [6, 6.07) is 21.7. The predicted octanol–water partition coefficient (Wildman–Crippen LogP) is 8.58. The van der Waals surface area contributed by atoms with Crippen LogP contribution < -0.4 is 10.4 Å². The molecular weight excluding hydrogens is 533 g/mol. The molecule has 1 N–H and O–H groups in total. The molecule has 2 aliphatic heterocycles. The minimum Gasteiger partial charge on any atom is -0.407 e. The molecule has 2 aliphatic rings. The highest BCUT2D eigenvalue weighted by atomic mass is 28.4. The van der Waals surface area contributed by atoms with Gasteiger partial charge in [-0.15, -0.1) is 0 Å². The molecule has 1 fully saturated rings. The first-order chi connectivity index (χ1) is 20.4. The zero-order chi connectivity index (χ0) is 29.8. The summed E-state index contributed by atoms with van der Waals surface area (Å²) in [6.45, 7) is 9.88. The average Bonchev–Trinajstić information content (AvgIpc) is 3.61. The van der Waals surface area contributed by atoms with Crippen LogP contribution in [0.5, 0.6) is 0 Å². The summed E-state index contributed by atoms with van der Waals surface area (Å²) in [6.07, 6.45) is 21.0. The standard InChI is InChI=1S/C38H58O3Si/c1-5-6-7-8-9-10-11-12-13-14-15-22-27-34(39)37-33(35-28-29-36(37)41-35)30-40-42(38(2,3)4,31-23-18-16-19-24-31)32-25-20-17-21-26-32/h16-21,23-26,28-29,33-37,39H,5-15,22,27,30H2,1-4H3/t33-,34+,35-,36+,37+/m0/s1. The van der Waals surface area contributed by atoms with Crippen LogP contribution in [0.3, 0.4) is 0 Å². The van der Waals surface area contributed by atoms with Gasteiger partial charge in [-0.25, -0.2) is 0 Å². The molecule has 0 spiro atoms. The number of ether oxygens (including phenoxy) is 1. The first-order valence-corrected chi connectivity index (χ1v) is 19.1. The molecule has 232 valence electrons. The molecule has 0 aromatic heterocycles. The third-order valence-corrected chi connectivity index (χ3v) is 14.8. The fourth-order valence-corrected chi connectivity index (χ4v) is 12.1. The van der Waals surface area contributed by atoms with Crippen molar-refractivity contribution in [3.05, 3.63) is 72.8 Å². The van der Waals surface area contributed by atoms with Crippen LogP contribution in [0, 0.1) is 11.8 Å². The first-order valence-electron chi connectivity index (χ1n) is 17.2. The van der Waals surface area contributed by atoms with Crippen LogP contribution in [0.25, 0.3) is 0 Å². The van der Waals surface area contributed by atoms with Gasteiger partial charge in [0, 0.05) is 18.4 Å². The number of benzene rings is 2. The van der Waals surface area contributed by atoms with E-state index >= 15 is 0 Å². The van der Waals surface area contributed by atoms with Gasteiger partial charge >= 0.3 is 0 Å². The van der Waals surface area contributed by atoms with E-state index in [1.165, 1.54) is 81.0 Å². The molecule has 3 nitrogen and oxygen atoms in total. The molecule has 2 heterocycles. The number of hydrogen-bond donors (Lipinski definition) is 1. The van der Waals surface area contributed by atoms with Gasteiger partial charge in [0.1, 0.15) is 0 Å². The Kier molecular flexibility index (Phi) is 12.9. The average molecular weight is 591 g/mol. The van der Waals surface area contributed by atoms with Gasteiger partial charge in [-0.1, -0.05) is 178 Å². The number of hydrogen-bond acceptors (Lipinski definition) is 3. The topological polar surface area (TPSA) is 38.7 Å². The Morgan fingerprint density at radius 3 is 1.69 bits per heavy atom. The van der Waals surface area contributed by atoms with Gasteiger partial charge in [-0.05, 0) is 21.8 Å². The fourth-order valence-electron chi connectivity index (χ4n) is 7.50. The summed E-state index contributed by atoms with van der Waals surface area (Å²) in [5, 5.41) is 14.0. The van der Waals surface area contributed by atoms with Gasteiger partial charge in [-0.2, -0.15) is 0 Å². The van der Waals surface area contributed by atoms with E-state index in [0.29, 0.717) is 6.61 Å². The van der Waals surface area contributed by atoms with Crippen LogP contribution in [-0.4, -0.2) is 38.3 Å². The van der Waals surface area contributed by atoms with E-state index < -0.39 is 8.32 Å². The van der Waals surface area contributed by atoms with Crippen molar-refractivity contribution in [1.29, 1.82) is 0 Å². The lowest BCUT2D eigenvalue weighted by Gasteiger charge is -2.44. The molecule has 2 aromatic rings. The van der Waals surface area contributed by atoms with Gasteiger partial charge < -0.3 is 14.3 Å². The van der Waals surface area contributed by atoms with Gasteiger partial charge in [0.25, 0.3) is 8.32 Å². The first kappa shape index (κ1) is 33.2. The zero-order valence-electron chi connectivity index (χ0n) is 27.0. The van der Waals surface area contributed by atoms with Crippen molar-refractivity contribution in [2.24, 2.45) is 11.8 Å². The second-order valence-electron chi connectivity index (χ2n) is 13.9. The number of fused-ring (bicyclic) bond motifs is 2. The van der Waals surface area contributed by atoms with Crippen molar-refractivity contribution in [2.75, 3.05) is 6.61 Å². The highest BCUT2D eigenvalue weighted by Gasteiger charge is 2.53. The van der Waals surface area contributed by atoms with Gasteiger partial charge in [0.05, 0.1) is 18.3 Å². The molecule has 42 heavy (non-hydrogen) atoms. The summed E-state index contributed by atoms with van der Waals surface area (Å²) in [5.74, 6) is 0.278. The second kappa shape index (κ2) is 16.4. The summed E-state index contributed by atoms with van der Waals surface area (Å²) in [5.41, 5.74) is 0. The molecule has 4 heteroatoms. The molecule has 0 saturated carbocycles. The van der Waals surface area contributed by atoms with Crippen LogP contribution in [0.15, 0.2) is 72.8 Å². The van der Waals surface area contributed by atoms with Gasteiger partial charge in [0.15, 0.2) is 0 Å². The summed E-state index contributed by atoms with van der Waals surface area (Å²) >= 11 is 0. The maximum atomic E-state index is 11.5. The highest BCUT2D eigenvalue weighted by Crippen LogP contribution is 2.44. The smallest absolute Gasteiger partial charge is 0.261 e. The molecular formula is C38H58O3Si. The molecule has 4 rings (SSSR count). The Morgan fingerprint density at radius 1 is 0.714 bits per heavy atom. The normalized spacial score (nSPS) is 22.6. The van der Waals surface area contributed by atoms with Crippen molar-refractivity contribution >= 4 is 18.7 Å². The number of aliphatic hydroxyl groups excluding tert-OH is 1. The molecule has 0 radical (unpaired) electrons. The molecule has 0 unspecified atom stereocenters.